The van der Waals surface area contributed by atoms with E-state index in [9.17, 15) is 9.90 Å². The van der Waals surface area contributed by atoms with Crippen LogP contribution in [0, 0.1) is 0 Å². The summed E-state index contributed by atoms with van der Waals surface area (Å²) < 4.78 is 7.57. The summed E-state index contributed by atoms with van der Waals surface area (Å²) in [5.41, 5.74) is 3.47. The smallest absolute Gasteiger partial charge is 0.291 e. The predicted molar refractivity (Wildman–Crippen MR) is 128 cm³/mol. The largest absolute Gasteiger partial charge is 0.507 e. The number of rotatable bonds is 6. The van der Waals surface area contributed by atoms with Crippen molar-refractivity contribution >= 4 is 39.0 Å². The maximum atomic E-state index is 12.3. The molecule has 8 nitrogen and oxygen atoms in total. The van der Waals surface area contributed by atoms with Crippen LogP contribution in [-0.2, 0) is 6.54 Å². The molecular weight excluding hydrogens is 486 g/mol. The fourth-order valence-electron chi connectivity index (χ4n) is 3.44. The molecule has 0 bridgehead atoms. The Labute approximate surface area is 197 Å². The topological polar surface area (TPSA) is 105 Å². The van der Waals surface area contributed by atoms with Crippen molar-refractivity contribution in [2.24, 2.45) is 0 Å². The molecule has 3 heterocycles. The minimum absolute atomic E-state index is 0.149. The van der Waals surface area contributed by atoms with Crippen molar-refractivity contribution in [3.8, 4) is 17.0 Å². The van der Waals surface area contributed by atoms with E-state index in [4.69, 9.17) is 4.42 Å². The molecule has 0 saturated carbocycles. The third-order valence-electron chi connectivity index (χ3n) is 5.01. The molecule has 164 valence electrons. The van der Waals surface area contributed by atoms with Gasteiger partial charge in [0.1, 0.15) is 11.6 Å². The van der Waals surface area contributed by atoms with Crippen molar-refractivity contribution in [2.75, 3.05) is 10.6 Å². The molecule has 1 amide bonds. The molecule has 0 spiro atoms. The van der Waals surface area contributed by atoms with Gasteiger partial charge in [-0.3, -0.25) is 4.79 Å². The molecule has 0 aliphatic carbocycles. The number of nitrogens with zero attached hydrogens (tertiary/aromatic N) is 3. The molecule has 0 atom stereocenters. The summed E-state index contributed by atoms with van der Waals surface area (Å²) in [6.07, 6.45) is 3.13. The molecule has 3 N–H and O–H groups in total. The van der Waals surface area contributed by atoms with Gasteiger partial charge < -0.3 is 20.2 Å². The first-order chi connectivity index (χ1) is 16.1. The summed E-state index contributed by atoms with van der Waals surface area (Å²) in [7, 11) is 0. The van der Waals surface area contributed by atoms with Crippen molar-refractivity contribution in [3.05, 3.63) is 95.0 Å². The van der Waals surface area contributed by atoms with E-state index in [2.05, 4.69) is 36.6 Å². The number of carbonyl (C=O) groups is 1. The number of benzene rings is 2. The summed E-state index contributed by atoms with van der Waals surface area (Å²) in [4.78, 5) is 16.9. The molecular formula is C24H18BrN5O3. The van der Waals surface area contributed by atoms with Gasteiger partial charge in [0.2, 0.25) is 0 Å². The molecule has 5 aromatic rings. The molecule has 2 aromatic carbocycles. The quantitative estimate of drug-likeness (QED) is 0.289. The number of amides is 1. The SMILES string of the molecule is O=C(Nc1cccc(CNc2cc(-c3ccccc3O)nc3c(Br)cnn23)c1)c1ccco1. The van der Waals surface area contributed by atoms with Crippen LogP contribution in [0.4, 0.5) is 11.5 Å². The second-order valence-electron chi connectivity index (χ2n) is 7.26. The number of aromatic hydroxyl groups is 1. The average Bonchev–Trinajstić information content (AvgIpc) is 3.49. The maximum Gasteiger partial charge on any atom is 0.291 e. The lowest BCUT2D eigenvalue weighted by Gasteiger charge is -2.12. The zero-order chi connectivity index (χ0) is 22.8. The van der Waals surface area contributed by atoms with Crippen molar-refractivity contribution in [2.45, 2.75) is 6.54 Å². The van der Waals surface area contributed by atoms with Crippen molar-refractivity contribution < 1.29 is 14.3 Å². The highest BCUT2D eigenvalue weighted by molar-refractivity contribution is 9.10. The van der Waals surface area contributed by atoms with Gasteiger partial charge in [0.05, 0.1) is 22.6 Å². The van der Waals surface area contributed by atoms with Gasteiger partial charge in [0.15, 0.2) is 11.4 Å². The van der Waals surface area contributed by atoms with E-state index < -0.39 is 0 Å². The minimum Gasteiger partial charge on any atom is -0.507 e. The third kappa shape index (κ3) is 4.31. The standard InChI is InChI=1S/C24H18BrN5O3/c25-18-14-27-30-22(12-19(29-23(18)30)17-7-1-2-8-20(17)31)26-13-15-5-3-6-16(11-15)28-24(32)21-9-4-10-33-21/h1-12,14,26,31H,13H2,(H,28,32). The van der Waals surface area contributed by atoms with Crippen molar-refractivity contribution in [1.29, 1.82) is 0 Å². The van der Waals surface area contributed by atoms with Gasteiger partial charge in [0, 0.05) is 23.9 Å². The highest BCUT2D eigenvalue weighted by atomic mass is 79.9. The number of carbonyl (C=O) groups excluding carboxylic acids is 1. The van der Waals surface area contributed by atoms with Crippen LogP contribution in [0.3, 0.4) is 0 Å². The molecule has 3 aromatic heterocycles. The van der Waals surface area contributed by atoms with Gasteiger partial charge in [-0.1, -0.05) is 24.3 Å². The third-order valence-corrected chi connectivity index (χ3v) is 5.57. The van der Waals surface area contributed by atoms with E-state index in [1.807, 2.05) is 42.5 Å². The van der Waals surface area contributed by atoms with Gasteiger partial charge in [-0.25, -0.2) is 4.98 Å². The number of para-hydroxylation sites is 1. The lowest BCUT2D eigenvalue weighted by Crippen LogP contribution is -2.11. The summed E-state index contributed by atoms with van der Waals surface area (Å²) >= 11 is 3.49. The summed E-state index contributed by atoms with van der Waals surface area (Å²) in [6.45, 7) is 0.473. The van der Waals surface area contributed by atoms with E-state index in [1.54, 1.807) is 35.0 Å². The zero-order valence-corrected chi connectivity index (χ0v) is 18.8. The van der Waals surface area contributed by atoms with Crippen LogP contribution in [0.2, 0.25) is 0 Å². The number of phenolic OH excluding ortho intramolecular Hbond substituents is 1. The number of aromatic nitrogens is 3. The van der Waals surface area contributed by atoms with Gasteiger partial charge >= 0.3 is 0 Å². The number of phenols is 1. The van der Waals surface area contributed by atoms with E-state index >= 15 is 0 Å². The summed E-state index contributed by atoms with van der Waals surface area (Å²) in [5.74, 6) is 0.790. The number of anilines is 2. The molecule has 5 rings (SSSR count). The lowest BCUT2D eigenvalue weighted by molar-refractivity contribution is 0.0996. The fraction of sp³-hybridized carbons (Fsp3) is 0.0417. The first kappa shape index (κ1) is 20.8. The highest BCUT2D eigenvalue weighted by Crippen LogP contribution is 2.31. The predicted octanol–water partition coefficient (Wildman–Crippen LogP) is 5.32. The number of fused-ring (bicyclic) bond motifs is 1. The summed E-state index contributed by atoms with van der Waals surface area (Å²) in [5, 5.41) is 20.9. The first-order valence-electron chi connectivity index (χ1n) is 10.1. The van der Waals surface area contributed by atoms with Crippen LogP contribution < -0.4 is 10.6 Å². The Kier molecular flexibility index (Phi) is 5.54. The Morgan fingerprint density at radius 1 is 1.09 bits per heavy atom. The van der Waals surface area contributed by atoms with Crippen LogP contribution in [0.25, 0.3) is 16.9 Å². The van der Waals surface area contributed by atoms with Gasteiger partial charge in [-0.2, -0.15) is 9.61 Å². The van der Waals surface area contributed by atoms with E-state index in [0.29, 0.717) is 35.0 Å². The van der Waals surface area contributed by atoms with E-state index in [1.165, 1.54) is 6.26 Å². The zero-order valence-electron chi connectivity index (χ0n) is 17.2. The fourth-order valence-corrected chi connectivity index (χ4v) is 3.79. The van der Waals surface area contributed by atoms with Crippen LogP contribution >= 0.6 is 15.9 Å². The van der Waals surface area contributed by atoms with E-state index in [0.717, 1.165) is 10.0 Å². The van der Waals surface area contributed by atoms with E-state index in [-0.39, 0.29) is 17.4 Å². The average molecular weight is 504 g/mol. The lowest BCUT2D eigenvalue weighted by atomic mass is 10.1. The Morgan fingerprint density at radius 2 is 1.97 bits per heavy atom. The van der Waals surface area contributed by atoms with Crippen LogP contribution in [0.15, 0.2) is 88.1 Å². The molecule has 33 heavy (non-hydrogen) atoms. The Balaban J connectivity index is 1.41. The second kappa shape index (κ2) is 8.79. The number of hydrogen-bond donors (Lipinski definition) is 3. The molecule has 0 aliphatic rings. The molecule has 0 aliphatic heterocycles. The maximum absolute atomic E-state index is 12.3. The Morgan fingerprint density at radius 3 is 2.79 bits per heavy atom. The molecule has 0 radical (unpaired) electrons. The van der Waals surface area contributed by atoms with Gasteiger partial charge in [-0.15, -0.1) is 0 Å². The molecule has 0 saturated heterocycles. The number of furan rings is 1. The first-order valence-corrected chi connectivity index (χ1v) is 10.9. The molecule has 0 unspecified atom stereocenters. The van der Waals surface area contributed by atoms with Crippen molar-refractivity contribution in [1.82, 2.24) is 14.6 Å². The van der Waals surface area contributed by atoms with Crippen molar-refractivity contribution in [3.63, 3.8) is 0 Å². The number of hydrogen-bond acceptors (Lipinski definition) is 6. The van der Waals surface area contributed by atoms with Gasteiger partial charge in [0.25, 0.3) is 5.91 Å². The molecule has 0 fully saturated rings. The Hall–Kier alpha value is -4.11. The summed E-state index contributed by atoms with van der Waals surface area (Å²) in [6, 6.07) is 19.7. The highest BCUT2D eigenvalue weighted by Gasteiger charge is 2.14. The molecule has 9 heteroatoms. The van der Waals surface area contributed by atoms with Crippen LogP contribution in [-0.4, -0.2) is 25.6 Å². The Bertz CT molecular complexity index is 1450. The monoisotopic (exact) mass is 503 g/mol. The number of halogens is 1. The second-order valence-corrected chi connectivity index (χ2v) is 8.11. The van der Waals surface area contributed by atoms with Crippen LogP contribution in [0.1, 0.15) is 16.1 Å². The normalized spacial score (nSPS) is 10.9. The van der Waals surface area contributed by atoms with Crippen LogP contribution in [0.5, 0.6) is 5.75 Å². The minimum atomic E-state index is -0.311. The van der Waals surface area contributed by atoms with Gasteiger partial charge in [-0.05, 0) is 57.9 Å². The number of nitrogens with one attached hydrogen (secondary N) is 2.